The van der Waals surface area contributed by atoms with Gasteiger partial charge in [0.15, 0.2) is 0 Å². The molecule has 0 saturated heterocycles. The fraction of sp³-hybridized carbons (Fsp3) is 0.250. The van der Waals surface area contributed by atoms with Gasteiger partial charge in [-0.3, -0.25) is 9.48 Å². The first-order valence-corrected chi connectivity index (χ1v) is 4.48. The van der Waals surface area contributed by atoms with Crippen LogP contribution >= 0.6 is 0 Å². The van der Waals surface area contributed by atoms with E-state index >= 15 is 0 Å². The summed E-state index contributed by atoms with van der Waals surface area (Å²) in [5.41, 5.74) is 6.14. The van der Waals surface area contributed by atoms with Gasteiger partial charge in [0.05, 0.1) is 5.69 Å². The highest BCUT2D eigenvalue weighted by Gasteiger charge is 2.17. The molecule has 0 bridgehead atoms. The van der Waals surface area contributed by atoms with Crippen molar-refractivity contribution in [1.29, 1.82) is 0 Å². The Balaban J connectivity index is 2.20. The minimum atomic E-state index is -0.484. The Bertz CT molecular complexity index is 528. The quantitative estimate of drug-likeness (QED) is 0.736. The maximum absolute atomic E-state index is 11.7. The first kappa shape index (κ1) is 10.1. The number of carbonyl (C=O) groups is 1. The normalized spacial score (nSPS) is 10.4. The number of nitrogen functional groups attached to an aromatic ring is 1. The molecule has 8 heteroatoms. The van der Waals surface area contributed by atoms with Gasteiger partial charge in [-0.15, -0.1) is 0 Å². The summed E-state index contributed by atoms with van der Waals surface area (Å²) in [6.07, 6.45) is 0. The van der Waals surface area contributed by atoms with Crippen molar-refractivity contribution in [3.63, 3.8) is 0 Å². The van der Waals surface area contributed by atoms with Gasteiger partial charge in [0, 0.05) is 13.1 Å². The van der Waals surface area contributed by atoms with Crippen LogP contribution in [0.25, 0.3) is 0 Å². The molecule has 3 N–H and O–H groups in total. The van der Waals surface area contributed by atoms with E-state index in [1.807, 2.05) is 6.92 Å². The number of rotatable bonds is 2. The molecule has 84 valence electrons. The predicted molar refractivity (Wildman–Crippen MR) is 54.6 cm³/mol. The lowest BCUT2D eigenvalue weighted by Gasteiger charge is -2.01. The predicted octanol–water partition coefficient (Wildman–Crippen LogP) is -0.0540. The number of anilines is 2. The van der Waals surface area contributed by atoms with Gasteiger partial charge in [-0.25, -0.2) is 4.63 Å². The van der Waals surface area contributed by atoms with Crippen LogP contribution in [0.2, 0.25) is 0 Å². The van der Waals surface area contributed by atoms with Gasteiger partial charge in [0.25, 0.3) is 5.91 Å². The Morgan fingerprint density at radius 3 is 2.81 bits per heavy atom. The lowest BCUT2D eigenvalue weighted by atomic mass is 10.4. The van der Waals surface area contributed by atoms with E-state index in [2.05, 4.69) is 25.4 Å². The Hall–Kier alpha value is -2.38. The summed E-state index contributed by atoms with van der Waals surface area (Å²) in [5, 5.41) is 13.4. The van der Waals surface area contributed by atoms with Crippen LogP contribution in [0, 0.1) is 6.92 Å². The fourth-order valence-corrected chi connectivity index (χ4v) is 1.26. The van der Waals surface area contributed by atoms with Gasteiger partial charge < -0.3 is 11.1 Å². The van der Waals surface area contributed by atoms with Crippen LogP contribution in [0.4, 0.5) is 11.6 Å². The molecule has 1 amide bonds. The topological polar surface area (TPSA) is 112 Å². The van der Waals surface area contributed by atoms with E-state index < -0.39 is 5.91 Å². The number of hydrogen-bond donors (Lipinski definition) is 2. The molecule has 16 heavy (non-hydrogen) atoms. The summed E-state index contributed by atoms with van der Waals surface area (Å²) >= 11 is 0. The molecule has 8 nitrogen and oxygen atoms in total. The lowest BCUT2D eigenvalue weighted by Crippen LogP contribution is -2.16. The maximum Gasteiger partial charge on any atom is 0.282 e. The molecule has 2 aromatic rings. The van der Waals surface area contributed by atoms with Crippen molar-refractivity contribution in [2.75, 3.05) is 11.1 Å². The average Bonchev–Trinajstić information content (AvgIpc) is 2.74. The Labute approximate surface area is 90.4 Å². The molecular formula is C8H10N6O2. The third kappa shape index (κ3) is 1.72. The number of hydrogen-bond acceptors (Lipinski definition) is 6. The summed E-state index contributed by atoms with van der Waals surface area (Å²) in [4.78, 5) is 11.7. The van der Waals surface area contributed by atoms with Crippen molar-refractivity contribution in [3.8, 4) is 0 Å². The molecule has 0 aliphatic rings. The van der Waals surface area contributed by atoms with Crippen LogP contribution in [-0.2, 0) is 7.05 Å². The first-order valence-electron chi connectivity index (χ1n) is 4.48. The number of nitrogens with one attached hydrogen (secondary N) is 1. The highest BCUT2D eigenvalue weighted by atomic mass is 16.6. The molecule has 2 heterocycles. The lowest BCUT2D eigenvalue weighted by molar-refractivity contribution is 0.101. The minimum absolute atomic E-state index is 0.0427. The molecule has 0 radical (unpaired) electrons. The van der Waals surface area contributed by atoms with Crippen LogP contribution in [0.3, 0.4) is 0 Å². The Morgan fingerprint density at radius 1 is 1.56 bits per heavy atom. The molecule has 0 aliphatic heterocycles. The molecular weight excluding hydrogens is 212 g/mol. The molecule has 0 atom stereocenters. The maximum atomic E-state index is 11.7. The number of nitrogens with zero attached hydrogens (tertiary/aromatic N) is 4. The molecule has 0 unspecified atom stereocenters. The molecule has 2 rings (SSSR count). The first-order chi connectivity index (χ1) is 7.58. The van der Waals surface area contributed by atoms with Crippen molar-refractivity contribution in [1.82, 2.24) is 20.1 Å². The van der Waals surface area contributed by atoms with E-state index in [1.54, 1.807) is 13.1 Å². The van der Waals surface area contributed by atoms with Gasteiger partial charge in [-0.2, -0.15) is 5.10 Å². The van der Waals surface area contributed by atoms with Crippen molar-refractivity contribution in [2.24, 2.45) is 7.05 Å². The molecule has 0 aliphatic carbocycles. The second kappa shape index (κ2) is 3.65. The highest BCUT2D eigenvalue weighted by molar-refractivity contribution is 6.05. The fourth-order valence-electron chi connectivity index (χ4n) is 1.26. The van der Waals surface area contributed by atoms with Crippen molar-refractivity contribution in [3.05, 3.63) is 17.5 Å². The van der Waals surface area contributed by atoms with Crippen LogP contribution in [-0.4, -0.2) is 26.0 Å². The summed E-state index contributed by atoms with van der Waals surface area (Å²) in [6, 6.07) is 1.72. The van der Waals surface area contributed by atoms with Gasteiger partial charge in [0.1, 0.15) is 5.82 Å². The number of carbonyl (C=O) groups excluding carboxylic acids is 1. The Morgan fingerprint density at radius 2 is 2.31 bits per heavy atom. The van der Waals surface area contributed by atoms with Gasteiger partial charge in [-0.1, -0.05) is 0 Å². The zero-order chi connectivity index (χ0) is 11.7. The van der Waals surface area contributed by atoms with E-state index in [0.717, 1.165) is 5.69 Å². The third-order valence-electron chi connectivity index (χ3n) is 1.97. The van der Waals surface area contributed by atoms with Gasteiger partial charge >= 0.3 is 0 Å². The Kier molecular flexibility index (Phi) is 2.31. The third-order valence-corrected chi connectivity index (χ3v) is 1.97. The monoisotopic (exact) mass is 222 g/mol. The van der Waals surface area contributed by atoms with Gasteiger partial charge in [-0.05, 0) is 17.2 Å². The van der Waals surface area contributed by atoms with E-state index in [0.29, 0.717) is 5.82 Å². The number of amides is 1. The molecule has 0 saturated carbocycles. The van der Waals surface area contributed by atoms with Crippen molar-refractivity contribution in [2.45, 2.75) is 6.92 Å². The number of nitrogens with two attached hydrogens (primary N) is 1. The van der Waals surface area contributed by atoms with Crippen LogP contribution in [0.1, 0.15) is 16.2 Å². The highest BCUT2D eigenvalue weighted by Crippen LogP contribution is 2.11. The summed E-state index contributed by atoms with van der Waals surface area (Å²) < 4.78 is 5.87. The summed E-state index contributed by atoms with van der Waals surface area (Å²) in [7, 11) is 1.72. The molecule has 2 aromatic heterocycles. The smallest absolute Gasteiger partial charge is 0.282 e. The number of aromatic nitrogens is 4. The largest absolute Gasteiger partial charge is 0.379 e. The summed E-state index contributed by atoms with van der Waals surface area (Å²) in [5.74, 6) is 0.0167. The van der Waals surface area contributed by atoms with Crippen molar-refractivity contribution >= 4 is 17.5 Å². The van der Waals surface area contributed by atoms with Crippen LogP contribution in [0.5, 0.6) is 0 Å². The second-order valence-electron chi connectivity index (χ2n) is 3.25. The minimum Gasteiger partial charge on any atom is -0.379 e. The van der Waals surface area contributed by atoms with E-state index in [9.17, 15) is 4.79 Å². The van der Waals surface area contributed by atoms with Crippen LogP contribution in [0.15, 0.2) is 10.7 Å². The molecule has 0 aromatic carbocycles. The van der Waals surface area contributed by atoms with Gasteiger partial charge in [0.2, 0.25) is 11.5 Å². The van der Waals surface area contributed by atoms with E-state index in [4.69, 9.17) is 5.73 Å². The van der Waals surface area contributed by atoms with Crippen molar-refractivity contribution < 1.29 is 9.42 Å². The SMILES string of the molecule is Cc1cc(NC(=O)c2nonc2N)n(C)n1. The summed E-state index contributed by atoms with van der Waals surface area (Å²) in [6.45, 7) is 1.82. The second-order valence-corrected chi connectivity index (χ2v) is 3.25. The standard InChI is InChI=1S/C8H10N6O2/c1-4-3-5(14(2)11-4)10-8(15)6-7(9)13-16-12-6/h3H,1-2H3,(H2,9,13)(H,10,15). The number of aryl methyl sites for hydroxylation is 2. The van der Waals surface area contributed by atoms with E-state index in [1.165, 1.54) is 4.68 Å². The zero-order valence-corrected chi connectivity index (χ0v) is 8.76. The molecule has 0 fully saturated rings. The van der Waals surface area contributed by atoms with Crippen LogP contribution < -0.4 is 11.1 Å². The van der Waals surface area contributed by atoms with E-state index in [-0.39, 0.29) is 11.5 Å². The zero-order valence-electron chi connectivity index (χ0n) is 8.76. The molecule has 0 spiro atoms. The average molecular weight is 222 g/mol.